The van der Waals surface area contributed by atoms with Crippen LogP contribution >= 0.6 is 0 Å². The van der Waals surface area contributed by atoms with Crippen LogP contribution in [0.25, 0.3) is 11.4 Å². The minimum absolute atomic E-state index is 0.201. The first-order chi connectivity index (χ1) is 12.1. The maximum absolute atomic E-state index is 10.8. The molecule has 1 amide bonds. The SMILES string of the molecule is CC(C)Nc1cc(-c2noc(C3CCN(C=O)CC3)n2)ccc1C=N. The summed E-state index contributed by atoms with van der Waals surface area (Å²) in [7, 11) is 0. The van der Waals surface area contributed by atoms with Gasteiger partial charge in [-0.15, -0.1) is 0 Å². The molecule has 0 aliphatic carbocycles. The molecule has 3 rings (SSSR count). The van der Waals surface area contributed by atoms with Crippen LogP contribution in [0.15, 0.2) is 22.7 Å². The van der Waals surface area contributed by atoms with Gasteiger partial charge in [0.1, 0.15) is 0 Å². The molecule has 0 radical (unpaired) electrons. The molecule has 0 atom stereocenters. The molecule has 2 heterocycles. The topological polar surface area (TPSA) is 95.1 Å². The molecule has 2 aromatic rings. The van der Waals surface area contributed by atoms with Crippen molar-refractivity contribution in [2.75, 3.05) is 18.4 Å². The maximum atomic E-state index is 10.8. The standard InChI is InChI=1S/C18H23N5O2/c1-12(2)20-16-9-14(3-4-15(16)10-19)17-21-18(25-22-17)13-5-7-23(11-24)8-6-13/h3-4,9-13,19-20H,5-8H2,1-2H3. The number of carbonyl (C=O) groups is 1. The predicted molar refractivity (Wildman–Crippen MR) is 96.0 cm³/mol. The molecule has 132 valence electrons. The van der Waals surface area contributed by atoms with E-state index < -0.39 is 0 Å². The Morgan fingerprint density at radius 3 is 2.76 bits per heavy atom. The summed E-state index contributed by atoms with van der Waals surface area (Å²) in [5.74, 6) is 1.39. The first-order valence-corrected chi connectivity index (χ1v) is 8.55. The van der Waals surface area contributed by atoms with E-state index in [0.29, 0.717) is 11.7 Å². The molecular formula is C18H23N5O2. The first-order valence-electron chi connectivity index (χ1n) is 8.55. The summed E-state index contributed by atoms with van der Waals surface area (Å²) in [5, 5.41) is 15.0. The summed E-state index contributed by atoms with van der Waals surface area (Å²) in [5.41, 5.74) is 2.56. The fourth-order valence-corrected chi connectivity index (χ4v) is 3.03. The van der Waals surface area contributed by atoms with Gasteiger partial charge in [0.15, 0.2) is 0 Å². The molecule has 7 nitrogen and oxygen atoms in total. The van der Waals surface area contributed by atoms with Gasteiger partial charge in [0, 0.05) is 48.1 Å². The van der Waals surface area contributed by atoms with Crippen LogP contribution in [-0.2, 0) is 4.79 Å². The number of benzene rings is 1. The van der Waals surface area contributed by atoms with Gasteiger partial charge in [-0.05, 0) is 32.8 Å². The average molecular weight is 341 g/mol. The van der Waals surface area contributed by atoms with Crippen molar-refractivity contribution in [2.45, 2.75) is 38.6 Å². The molecule has 0 bridgehead atoms. The van der Waals surface area contributed by atoms with Crippen LogP contribution < -0.4 is 5.32 Å². The maximum Gasteiger partial charge on any atom is 0.230 e. The molecule has 1 fully saturated rings. The van der Waals surface area contributed by atoms with E-state index in [2.05, 4.69) is 29.3 Å². The third-order valence-electron chi connectivity index (χ3n) is 4.38. The van der Waals surface area contributed by atoms with Crippen LogP contribution in [0.2, 0.25) is 0 Å². The van der Waals surface area contributed by atoms with Gasteiger partial charge in [0.25, 0.3) is 0 Å². The first kappa shape index (κ1) is 17.1. The number of carbonyl (C=O) groups excluding carboxylic acids is 1. The van der Waals surface area contributed by atoms with Gasteiger partial charge in [0.05, 0.1) is 0 Å². The van der Waals surface area contributed by atoms with Gasteiger partial charge < -0.3 is 20.1 Å². The Hall–Kier alpha value is -2.70. The normalized spacial score (nSPS) is 15.4. The van der Waals surface area contributed by atoms with Crippen molar-refractivity contribution in [1.29, 1.82) is 5.41 Å². The number of nitrogens with zero attached hydrogens (tertiary/aromatic N) is 3. The number of likely N-dealkylation sites (tertiary alicyclic amines) is 1. The van der Waals surface area contributed by atoms with Crippen LogP contribution in [-0.4, -0.2) is 46.8 Å². The molecule has 1 saturated heterocycles. The molecule has 2 N–H and O–H groups in total. The Balaban J connectivity index is 1.80. The number of nitrogens with one attached hydrogen (secondary N) is 2. The van der Waals surface area contributed by atoms with Crippen molar-refractivity contribution in [1.82, 2.24) is 15.0 Å². The Kier molecular flexibility index (Phi) is 5.11. The predicted octanol–water partition coefficient (Wildman–Crippen LogP) is 2.89. The summed E-state index contributed by atoms with van der Waals surface area (Å²) in [6.45, 7) is 5.56. The van der Waals surface area contributed by atoms with E-state index in [9.17, 15) is 4.79 Å². The zero-order valence-corrected chi connectivity index (χ0v) is 14.5. The third kappa shape index (κ3) is 3.87. The lowest BCUT2D eigenvalue weighted by atomic mass is 9.97. The second-order valence-corrected chi connectivity index (χ2v) is 6.62. The molecule has 0 unspecified atom stereocenters. The highest BCUT2D eigenvalue weighted by Crippen LogP contribution is 2.29. The van der Waals surface area contributed by atoms with Crippen molar-refractivity contribution in [2.24, 2.45) is 0 Å². The van der Waals surface area contributed by atoms with E-state index in [1.165, 1.54) is 6.21 Å². The van der Waals surface area contributed by atoms with Gasteiger partial charge in [0.2, 0.25) is 18.1 Å². The van der Waals surface area contributed by atoms with E-state index >= 15 is 0 Å². The summed E-state index contributed by atoms with van der Waals surface area (Å²) >= 11 is 0. The zero-order valence-electron chi connectivity index (χ0n) is 14.5. The van der Waals surface area contributed by atoms with E-state index in [1.54, 1.807) is 4.90 Å². The molecule has 1 aliphatic heterocycles. The van der Waals surface area contributed by atoms with Crippen LogP contribution in [0.3, 0.4) is 0 Å². The average Bonchev–Trinajstić information content (AvgIpc) is 3.11. The Morgan fingerprint density at radius 2 is 2.12 bits per heavy atom. The monoisotopic (exact) mass is 341 g/mol. The molecule has 1 aromatic heterocycles. The molecule has 7 heteroatoms. The lowest BCUT2D eigenvalue weighted by Crippen LogP contribution is -2.31. The smallest absolute Gasteiger partial charge is 0.230 e. The fourth-order valence-electron chi connectivity index (χ4n) is 3.03. The number of aromatic nitrogens is 2. The van der Waals surface area contributed by atoms with Gasteiger partial charge in [-0.25, -0.2) is 0 Å². The lowest BCUT2D eigenvalue weighted by molar-refractivity contribution is -0.119. The highest BCUT2D eigenvalue weighted by molar-refractivity contribution is 5.87. The van der Waals surface area contributed by atoms with Crippen molar-refractivity contribution in [3.63, 3.8) is 0 Å². The number of hydrogen-bond acceptors (Lipinski definition) is 6. The molecular weight excluding hydrogens is 318 g/mol. The van der Waals surface area contributed by atoms with E-state index in [4.69, 9.17) is 9.93 Å². The van der Waals surface area contributed by atoms with Gasteiger partial charge in [-0.3, -0.25) is 4.79 Å². The molecule has 1 aliphatic rings. The number of piperidine rings is 1. The van der Waals surface area contributed by atoms with Crippen molar-refractivity contribution in [3.8, 4) is 11.4 Å². The Labute approximate surface area is 146 Å². The van der Waals surface area contributed by atoms with E-state index in [-0.39, 0.29) is 12.0 Å². The third-order valence-corrected chi connectivity index (χ3v) is 4.38. The lowest BCUT2D eigenvalue weighted by Gasteiger charge is -2.26. The van der Waals surface area contributed by atoms with Gasteiger partial charge in [-0.1, -0.05) is 17.3 Å². The fraction of sp³-hybridized carbons (Fsp3) is 0.444. The summed E-state index contributed by atoms with van der Waals surface area (Å²) in [4.78, 5) is 17.1. The van der Waals surface area contributed by atoms with Crippen LogP contribution in [0, 0.1) is 5.41 Å². The highest BCUT2D eigenvalue weighted by atomic mass is 16.5. The second kappa shape index (κ2) is 7.46. The minimum Gasteiger partial charge on any atom is -0.382 e. The molecule has 0 spiro atoms. The van der Waals surface area contributed by atoms with Crippen LogP contribution in [0.4, 0.5) is 5.69 Å². The summed E-state index contributed by atoms with van der Waals surface area (Å²) < 4.78 is 5.47. The van der Waals surface area contributed by atoms with Crippen LogP contribution in [0.1, 0.15) is 44.1 Å². The number of anilines is 1. The minimum atomic E-state index is 0.201. The molecule has 25 heavy (non-hydrogen) atoms. The Bertz CT molecular complexity index is 748. The number of rotatable bonds is 6. The van der Waals surface area contributed by atoms with Crippen LogP contribution in [0.5, 0.6) is 0 Å². The van der Waals surface area contributed by atoms with Crippen molar-refractivity contribution >= 4 is 18.3 Å². The number of hydrogen-bond donors (Lipinski definition) is 2. The number of amides is 1. The summed E-state index contributed by atoms with van der Waals surface area (Å²) in [6, 6.07) is 5.99. The second-order valence-electron chi connectivity index (χ2n) is 6.62. The summed E-state index contributed by atoms with van der Waals surface area (Å²) in [6.07, 6.45) is 3.90. The van der Waals surface area contributed by atoms with Gasteiger partial charge in [-0.2, -0.15) is 4.98 Å². The van der Waals surface area contributed by atoms with Gasteiger partial charge >= 0.3 is 0 Å². The van der Waals surface area contributed by atoms with E-state index in [1.807, 2.05) is 18.2 Å². The Morgan fingerprint density at radius 1 is 1.36 bits per heavy atom. The highest BCUT2D eigenvalue weighted by Gasteiger charge is 2.25. The molecule has 0 saturated carbocycles. The quantitative estimate of drug-likeness (QED) is 0.622. The molecule has 1 aromatic carbocycles. The zero-order chi connectivity index (χ0) is 17.8. The van der Waals surface area contributed by atoms with Crippen molar-refractivity contribution < 1.29 is 9.32 Å². The largest absolute Gasteiger partial charge is 0.382 e. The van der Waals surface area contributed by atoms with E-state index in [0.717, 1.165) is 49.2 Å². The van der Waals surface area contributed by atoms with Crippen molar-refractivity contribution in [3.05, 3.63) is 29.7 Å².